The van der Waals surface area contributed by atoms with Crippen molar-refractivity contribution in [3.63, 3.8) is 0 Å². The third kappa shape index (κ3) is 3.88. The summed E-state index contributed by atoms with van der Waals surface area (Å²) in [6.07, 6.45) is -0.504. The van der Waals surface area contributed by atoms with E-state index in [1.807, 2.05) is 48.5 Å². The Bertz CT molecular complexity index is 874. The molecule has 0 radical (unpaired) electrons. The van der Waals surface area contributed by atoms with Crippen LogP contribution in [0.15, 0.2) is 54.6 Å². The number of nitrogens with zero attached hydrogens (tertiary/aromatic N) is 1. The molecule has 0 saturated carbocycles. The zero-order chi connectivity index (χ0) is 21.7. The van der Waals surface area contributed by atoms with E-state index >= 15 is 0 Å². The summed E-state index contributed by atoms with van der Waals surface area (Å²) in [7, 11) is -0.511. The molecule has 3 rings (SSSR count). The van der Waals surface area contributed by atoms with Crippen molar-refractivity contribution in [3.8, 4) is 0 Å². The van der Waals surface area contributed by atoms with Crippen LogP contribution in [0.25, 0.3) is 0 Å². The monoisotopic (exact) mass is 425 g/mol. The van der Waals surface area contributed by atoms with Gasteiger partial charge in [-0.15, -0.1) is 0 Å². The number of carbonyl (C=O) groups is 2. The second kappa shape index (κ2) is 9.47. The van der Waals surface area contributed by atoms with Gasteiger partial charge in [0.15, 0.2) is 0 Å². The van der Waals surface area contributed by atoms with Gasteiger partial charge in [0.2, 0.25) is 0 Å². The molecule has 0 saturated heterocycles. The van der Waals surface area contributed by atoms with Crippen LogP contribution in [0.5, 0.6) is 0 Å². The average molecular weight is 426 g/mol. The number of para-hydroxylation sites is 1. The number of fused-ring (bicyclic) bond motifs is 1. The number of carbonyl (C=O) groups excluding carboxylic acids is 2. The van der Waals surface area contributed by atoms with E-state index in [0.29, 0.717) is 0 Å². The Morgan fingerprint density at radius 2 is 1.53 bits per heavy atom. The van der Waals surface area contributed by atoms with Crippen LogP contribution in [-0.2, 0) is 20.9 Å². The lowest BCUT2D eigenvalue weighted by Gasteiger charge is -2.38. The fourth-order valence-corrected chi connectivity index (χ4v) is 9.55. The molecule has 2 aromatic rings. The van der Waals surface area contributed by atoms with E-state index in [-0.39, 0.29) is 18.1 Å². The van der Waals surface area contributed by atoms with Crippen LogP contribution >= 0.6 is 0 Å². The fraction of sp³-hybridized carbons (Fsp3) is 0.417. The van der Waals surface area contributed by atoms with Gasteiger partial charge in [0.25, 0.3) is 0 Å². The lowest BCUT2D eigenvalue weighted by Crippen LogP contribution is -2.53. The van der Waals surface area contributed by atoms with Gasteiger partial charge in [-0.05, 0) is 17.2 Å². The summed E-state index contributed by atoms with van der Waals surface area (Å²) >= 11 is 0. The van der Waals surface area contributed by atoms with E-state index in [1.165, 1.54) is 12.0 Å². The molecule has 0 bridgehead atoms. The minimum absolute atomic E-state index is 0.00887. The summed E-state index contributed by atoms with van der Waals surface area (Å²) < 4.78 is 10.9. The number of anilines is 1. The molecule has 1 heterocycles. The fourth-order valence-electron chi connectivity index (χ4n) is 4.88. The number of rotatable bonds is 7. The van der Waals surface area contributed by atoms with Gasteiger partial charge < -0.3 is 9.47 Å². The van der Waals surface area contributed by atoms with Crippen molar-refractivity contribution in [3.05, 3.63) is 65.7 Å². The molecule has 0 unspecified atom stereocenters. The van der Waals surface area contributed by atoms with E-state index in [2.05, 4.69) is 26.8 Å². The van der Waals surface area contributed by atoms with E-state index in [0.717, 1.165) is 34.9 Å². The van der Waals surface area contributed by atoms with Crippen molar-refractivity contribution in [1.29, 1.82) is 0 Å². The third-order valence-corrected chi connectivity index (χ3v) is 12.9. The lowest BCUT2D eigenvalue weighted by molar-refractivity contribution is -0.142. The molecule has 30 heavy (non-hydrogen) atoms. The van der Waals surface area contributed by atoms with Crippen LogP contribution in [0.4, 0.5) is 10.5 Å². The molecule has 1 aliphatic rings. The molecule has 0 aliphatic carbocycles. The minimum atomic E-state index is -1.90. The van der Waals surface area contributed by atoms with Gasteiger partial charge >= 0.3 is 12.1 Å². The highest BCUT2D eigenvalue weighted by atomic mass is 28.3. The number of hydrogen-bond donors (Lipinski definition) is 0. The average Bonchev–Trinajstić information content (AvgIpc) is 3.15. The first-order chi connectivity index (χ1) is 14.5. The topological polar surface area (TPSA) is 55.8 Å². The van der Waals surface area contributed by atoms with Crippen LogP contribution in [0.3, 0.4) is 0 Å². The minimum Gasteiger partial charge on any atom is -0.467 e. The molecular formula is C24H31NO4Si. The van der Waals surface area contributed by atoms with Gasteiger partial charge in [-0.3, -0.25) is 4.90 Å². The number of benzene rings is 2. The molecule has 1 amide bonds. The van der Waals surface area contributed by atoms with Crippen molar-refractivity contribution in [2.75, 3.05) is 12.0 Å². The number of ether oxygens (including phenoxy) is 2. The summed E-state index contributed by atoms with van der Waals surface area (Å²) in [5, 5.41) is 0. The zero-order valence-corrected chi connectivity index (χ0v) is 19.3. The molecule has 160 valence electrons. The van der Waals surface area contributed by atoms with Crippen molar-refractivity contribution in [1.82, 2.24) is 0 Å². The molecule has 0 spiro atoms. The first-order valence-electron chi connectivity index (χ1n) is 10.7. The van der Waals surface area contributed by atoms with Gasteiger partial charge in [-0.2, -0.15) is 0 Å². The van der Waals surface area contributed by atoms with E-state index in [9.17, 15) is 9.59 Å². The normalized spacial score (nSPS) is 18.1. The molecule has 0 aromatic heterocycles. The maximum atomic E-state index is 13.3. The Hall–Kier alpha value is -2.60. The Balaban J connectivity index is 2.02. The highest BCUT2D eigenvalue weighted by Gasteiger charge is 2.54. The summed E-state index contributed by atoms with van der Waals surface area (Å²) in [6, 6.07) is 19.9. The summed E-state index contributed by atoms with van der Waals surface area (Å²) in [4.78, 5) is 27.8. The van der Waals surface area contributed by atoms with Crippen LogP contribution in [0.2, 0.25) is 18.1 Å². The third-order valence-electron chi connectivity index (χ3n) is 6.74. The number of hydrogen-bond acceptors (Lipinski definition) is 4. The lowest BCUT2D eigenvalue weighted by atomic mass is 10.1. The molecule has 1 aliphatic heterocycles. The molecule has 0 N–H and O–H groups in total. The van der Waals surface area contributed by atoms with Crippen molar-refractivity contribution < 1.29 is 19.1 Å². The molecular weight excluding hydrogens is 394 g/mol. The SMILES string of the molecule is CC[Si](CC)(CC)[C@@H]1c2ccccc2N(C(=O)OCc2ccccc2)[C@H]1C(=O)OC. The van der Waals surface area contributed by atoms with Gasteiger partial charge in [-0.25, -0.2) is 9.59 Å². The summed E-state index contributed by atoms with van der Waals surface area (Å²) in [5.74, 6) is -0.375. The molecule has 5 nitrogen and oxygen atoms in total. The van der Waals surface area contributed by atoms with Crippen LogP contribution in [0, 0.1) is 0 Å². The smallest absolute Gasteiger partial charge is 0.415 e. The Morgan fingerprint density at radius 3 is 2.13 bits per heavy atom. The highest BCUT2D eigenvalue weighted by Crippen LogP contribution is 2.49. The quantitative estimate of drug-likeness (QED) is 0.433. The molecule has 0 fully saturated rings. The molecule has 6 heteroatoms. The number of amides is 1. The largest absolute Gasteiger partial charge is 0.467 e. The standard InChI is InChI=1S/C24H31NO4Si/c1-5-30(6-2,7-3)22-19-15-11-12-16-20(19)25(21(22)23(26)28-4)24(27)29-17-18-13-9-8-10-14-18/h8-16,21-22H,5-7,17H2,1-4H3/t21-,22-/m1/s1. The van der Waals surface area contributed by atoms with E-state index in [4.69, 9.17) is 9.47 Å². The first kappa shape index (κ1) is 22.1. The van der Waals surface area contributed by atoms with Crippen LogP contribution in [0.1, 0.15) is 37.4 Å². The van der Waals surface area contributed by atoms with Gasteiger partial charge in [0, 0.05) is 5.54 Å². The molecule has 2 aromatic carbocycles. The highest BCUT2D eigenvalue weighted by molar-refractivity contribution is 6.81. The van der Waals surface area contributed by atoms with E-state index in [1.54, 1.807) is 0 Å². The van der Waals surface area contributed by atoms with Crippen LogP contribution in [-0.4, -0.2) is 33.3 Å². The van der Waals surface area contributed by atoms with E-state index < -0.39 is 20.2 Å². The zero-order valence-electron chi connectivity index (χ0n) is 18.3. The number of methoxy groups -OCH3 is 1. The van der Waals surface area contributed by atoms with Gasteiger partial charge in [-0.1, -0.05) is 87.4 Å². The van der Waals surface area contributed by atoms with Crippen molar-refractivity contribution in [2.45, 2.75) is 57.1 Å². The second-order valence-electron chi connectivity index (χ2n) is 7.84. The maximum Gasteiger partial charge on any atom is 0.415 e. The Kier molecular flexibility index (Phi) is 6.97. The summed E-state index contributed by atoms with van der Waals surface area (Å²) in [5.41, 5.74) is 2.74. The van der Waals surface area contributed by atoms with Crippen molar-refractivity contribution >= 4 is 25.8 Å². The maximum absolute atomic E-state index is 13.3. The second-order valence-corrected chi connectivity index (χ2v) is 13.3. The predicted molar refractivity (Wildman–Crippen MR) is 121 cm³/mol. The van der Waals surface area contributed by atoms with Gasteiger partial charge in [0.05, 0.1) is 20.9 Å². The molecule has 2 atom stereocenters. The predicted octanol–water partition coefficient (Wildman–Crippen LogP) is 5.52. The Morgan fingerprint density at radius 1 is 0.933 bits per heavy atom. The number of esters is 1. The van der Waals surface area contributed by atoms with Crippen LogP contribution < -0.4 is 4.90 Å². The summed E-state index contributed by atoms with van der Waals surface area (Å²) in [6.45, 7) is 6.81. The Labute approximate surface area is 180 Å². The first-order valence-corrected chi connectivity index (χ1v) is 13.4. The van der Waals surface area contributed by atoms with Gasteiger partial charge in [0.1, 0.15) is 12.6 Å². The van der Waals surface area contributed by atoms with Crippen molar-refractivity contribution in [2.24, 2.45) is 0 Å².